The second-order valence-corrected chi connectivity index (χ2v) is 4.83. The SMILES string of the molecule is O=C(c1cccc(C(F)(F)F)c1)N1CCC(F)(C(=O)O)C1. The molecule has 1 unspecified atom stereocenters. The lowest BCUT2D eigenvalue weighted by molar-refractivity contribution is -0.149. The van der Waals surface area contributed by atoms with Crippen molar-refractivity contribution < 1.29 is 32.3 Å². The number of alkyl halides is 4. The molecule has 0 aromatic heterocycles. The number of likely N-dealkylation sites (tertiary alicyclic amines) is 1. The summed E-state index contributed by atoms with van der Waals surface area (Å²) >= 11 is 0. The standard InChI is InChI=1S/C13H11F4NO3/c14-12(11(20)21)4-5-18(7-12)10(19)8-2-1-3-9(6-8)13(15,16)17/h1-3,6H,4-5,7H2,(H,20,21). The molecule has 0 aliphatic carbocycles. The van der Waals surface area contributed by atoms with Crippen LogP contribution in [0.4, 0.5) is 17.6 Å². The van der Waals surface area contributed by atoms with Crippen molar-refractivity contribution in [2.75, 3.05) is 13.1 Å². The normalized spacial score (nSPS) is 22.4. The monoisotopic (exact) mass is 305 g/mol. The maximum atomic E-state index is 13.9. The van der Waals surface area contributed by atoms with Gasteiger partial charge in [0.15, 0.2) is 0 Å². The molecule has 2 rings (SSSR count). The van der Waals surface area contributed by atoms with Gasteiger partial charge >= 0.3 is 12.1 Å². The van der Waals surface area contributed by atoms with Crippen LogP contribution in [0.2, 0.25) is 0 Å². The van der Waals surface area contributed by atoms with E-state index in [4.69, 9.17) is 5.11 Å². The predicted molar refractivity (Wildman–Crippen MR) is 63.4 cm³/mol. The second kappa shape index (κ2) is 5.01. The summed E-state index contributed by atoms with van der Waals surface area (Å²) in [5.74, 6) is -2.50. The Morgan fingerprint density at radius 3 is 2.48 bits per heavy atom. The molecule has 1 N–H and O–H groups in total. The van der Waals surface area contributed by atoms with Gasteiger partial charge in [-0.3, -0.25) is 4.79 Å². The molecule has 0 spiro atoms. The van der Waals surface area contributed by atoms with E-state index in [-0.39, 0.29) is 18.5 Å². The Morgan fingerprint density at radius 1 is 1.29 bits per heavy atom. The van der Waals surface area contributed by atoms with Crippen molar-refractivity contribution in [1.29, 1.82) is 0 Å². The van der Waals surface area contributed by atoms with Crippen molar-refractivity contribution in [2.24, 2.45) is 0 Å². The molecule has 1 aromatic rings. The number of hydrogen-bond donors (Lipinski definition) is 1. The molecule has 8 heteroatoms. The number of carboxylic acid groups (broad SMARTS) is 1. The van der Waals surface area contributed by atoms with Crippen molar-refractivity contribution >= 4 is 11.9 Å². The van der Waals surface area contributed by atoms with Crippen LogP contribution < -0.4 is 0 Å². The summed E-state index contributed by atoms with van der Waals surface area (Å²) in [5.41, 5.74) is -3.78. The minimum Gasteiger partial charge on any atom is -0.479 e. The highest BCUT2D eigenvalue weighted by molar-refractivity contribution is 5.95. The molecule has 1 aliphatic heterocycles. The smallest absolute Gasteiger partial charge is 0.416 e. The lowest BCUT2D eigenvalue weighted by Gasteiger charge is -2.18. The van der Waals surface area contributed by atoms with E-state index in [1.807, 2.05) is 0 Å². The van der Waals surface area contributed by atoms with Crippen molar-refractivity contribution in [3.05, 3.63) is 35.4 Å². The first-order valence-electron chi connectivity index (χ1n) is 6.02. The van der Waals surface area contributed by atoms with Crippen LogP contribution in [0, 0.1) is 0 Å². The number of carbonyl (C=O) groups is 2. The first-order chi connectivity index (χ1) is 9.63. The quantitative estimate of drug-likeness (QED) is 0.853. The van der Waals surface area contributed by atoms with Crippen LogP contribution in [0.15, 0.2) is 24.3 Å². The Bertz CT molecular complexity index is 587. The minimum absolute atomic E-state index is 0.155. The summed E-state index contributed by atoms with van der Waals surface area (Å²) in [7, 11) is 0. The minimum atomic E-state index is -4.59. The number of carbonyl (C=O) groups excluding carboxylic acids is 1. The topological polar surface area (TPSA) is 57.6 Å². The van der Waals surface area contributed by atoms with Gasteiger partial charge in [-0.1, -0.05) is 6.07 Å². The van der Waals surface area contributed by atoms with Gasteiger partial charge in [0.25, 0.3) is 5.91 Å². The molecule has 1 amide bonds. The van der Waals surface area contributed by atoms with Gasteiger partial charge in [-0.2, -0.15) is 13.2 Å². The van der Waals surface area contributed by atoms with E-state index in [9.17, 15) is 27.2 Å². The highest BCUT2D eigenvalue weighted by Gasteiger charge is 2.47. The third-order valence-electron chi connectivity index (χ3n) is 3.33. The van der Waals surface area contributed by atoms with Gasteiger partial charge in [0, 0.05) is 18.5 Å². The van der Waals surface area contributed by atoms with Crippen LogP contribution in [-0.2, 0) is 11.0 Å². The summed E-state index contributed by atoms with van der Waals surface area (Å²) in [6.45, 7) is -0.824. The Hall–Kier alpha value is -2.12. The average Bonchev–Trinajstić information content (AvgIpc) is 2.81. The molecule has 21 heavy (non-hydrogen) atoms. The molecule has 1 aliphatic rings. The van der Waals surface area contributed by atoms with Crippen LogP contribution in [0.5, 0.6) is 0 Å². The third kappa shape index (κ3) is 2.98. The summed E-state index contributed by atoms with van der Waals surface area (Å²) < 4.78 is 51.6. The first kappa shape index (κ1) is 15.3. The van der Waals surface area contributed by atoms with Crippen LogP contribution in [0.3, 0.4) is 0 Å². The number of carboxylic acids is 1. The molecule has 1 fully saturated rings. The zero-order valence-corrected chi connectivity index (χ0v) is 10.7. The van der Waals surface area contributed by atoms with Crippen molar-refractivity contribution in [3.8, 4) is 0 Å². The van der Waals surface area contributed by atoms with Crippen LogP contribution >= 0.6 is 0 Å². The van der Waals surface area contributed by atoms with Crippen molar-refractivity contribution in [1.82, 2.24) is 4.90 Å². The van der Waals surface area contributed by atoms with Gasteiger partial charge in [-0.15, -0.1) is 0 Å². The molecular formula is C13H11F4NO3. The Morgan fingerprint density at radius 2 is 1.95 bits per heavy atom. The molecule has 0 bridgehead atoms. The van der Waals surface area contributed by atoms with Gasteiger partial charge in [0.05, 0.1) is 12.1 Å². The summed E-state index contributed by atoms with van der Waals surface area (Å²) in [5, 5.41) is 8.73. The average molecular weight is 305 g/mol. The van der Waals surface area contributed by atoms with Gasteiger partial charge < -0.3 is 10.0 Å². The van der Waals surface area contributed by atoms with Crippen LogP contribution in [0.1, 0.15) is 22.3 Å². The van der Waals surface area contributed by atoms with E-state index < -0.39 is 35.8 Å². The molecular weight excluding hydrogens is 294 g/mol. The fourth-order valence-electron chi connectivity index (χ4n) is 2.13. The number of rotatable bonds is 2. The van der Waals surface area contributed by atoms with Crippen LogP contribution in [-0.4, -0.2) is 40.6 Å². The summed E-state index contributed by atoms with van der Waals surface area (Å²) in [4.78, 5) is 23.7. The fraction of sp³-hybridized carbons (Fsp3) is 0.385. The molecule has 1 aromatic carbocycles. The zero-order chi connectivity index (χ0) is 15.8. The zero-order valence-electron chi connectivity index (χ0n) is 10.7. The Kier molecular flexibility index (Phi) is 3.65. The van der Waals surface area contributed by atoms with E-state index in [0.29, 0.717) is 6.07 Å². The number of nitrogens with zero attached hydrogens (tertiary/aromatic N) is 1. The molecule has 4 nitrogen and oxygen atoms in total. The van der Waals surface area contributed by atoms with Gasteiger partial charge in [-0.05, 0) is 18.2 Å². The van der Waals surface area contributed by atoms with Crippen LogP contribution in [0.25, 0.3) is 0 Å². The highest BCUT2D eigenvalue weighted by Crippen LogP contribution is 2.31. The molecule has 0 radical (unpaired) electrons. The molecule has 1 saturated heterocycles. The number of aliphatic carboxylic acids is 1. The molecule has 1 heterocycles. The summed E-state index contributed by atoms with van der Waals surface area (Å²) in [6, 6.07) is 3.74. The predicted octanol–water partition coefficient (Wildman–Crippen LogP) is 2.34. The highest BCUT2D eigenvalue weighted by atomic mass is 19.4. The molecule has 0 saturated carbocycles. The number of hydrogen-bond acceptors (Lipinski definition) is 2. The lowest BCUT2D eigenvalue weighted by Crippen LogP contribution is -2.38. The van der Waals surface area contributed by atoms with Gasteiger partial charge in [0.1, 0.15) is 0 Å². The molecule has 1 atom stereocenters. The first-order valence-corrected chi connectivity index (χ1v) is 6.02. The second-order valence-electron chi connectivity index (χ2n) is 4.83. The third-order valence-corrected chi connectivity index (χ3v) is 3.33. The van der Waals surface area contributed by atoms with Gasteiger partial charge in [0.2, 0.25) is 5.67 Å². The van der Waals surface area contributed by atoms with E-state index in [1.165, 1.54) is 6.07 Å². The largest absolute Gasteiger partial charge is 0.479 e. The Balaban J connectivity index is 2.21. The van der Waals surface area contributed by atoms with Crippen molar-refractivity contribution in [2.45, 2.75) is 18.3 Å². The van der Waals surface area contributed by atoms with Gasteiger partial charge in [-0.25, -0.2) is 9.18 Å². The lowest BCUT2D eigenvalue weighted by atomic mass is 10.1. The van der Waals surface area contributed by atoms with Crippen molar-refractivity contribution in [3.63, 3.8) is 0 Å². The van der Waals surface area contributed by atoms with E-state index in [1.54, 1.807) is 0 Å². The summed E-state index contributed by atoms with van der Waals surface area (Å²) in [6.07, 6.45) is -4.97. The number of benzene rings is 1. The fourth-order valence-corrected chi connectivity index (χ4v) is 2.13. The molecule has 114 valence electrons. The maximum absolute atomic E-state index is 13.9. The Labute approximate surface area is 117 Å². The van der Waals surface area contributed by atoms with E-state index >= 15 is 0 Å². The van der Waals surface area contributed by atoms with E-state index in [2.05, 4.69) is 0 Å². The maximum Gasteiger partial charge on any atom is 0.416 e. The number of halogens is 4. The number of amides is 1. The van der Waals surface area contributed by atoms with E-state index in [0.717, 1.165) is 17.0 Å².